The summed E-state index contributed by atoms with van der Waals surface area (Å²) in [6.45, 7) is 5.30. The molecule has 2 N–H and O–H groups in total. The highest BCUT2D eigenvalue weighted by Gasteiger charge is 2.19. The standard InChI is InChI=1S/C24H24N4.C4H4O4/c1-2-7-21(8-3-1)27-15-13-26(14-16-27)18-20-19-28(22-9-6-12-25-17-22)24-11-5-4-10-23(20)24;5-3(6)1-2-4(7)8/h1-12,17,19H,13-16,18H2;1-2H,(H,5,6)(H,7,8)/b;2-1+. The van der Waals surface area contributed by atoms with Gasteiger partial charge in [-0.25, -0.2) is 9.59 Å². The number of piperazine rings is 1. The van der Waals surface area contributed by atoms with Gasteiger partial charge in [0.1, 0.15) is 0 Å². The Kier molecular flexibility index (Phi) is 8.10. The van der Waals surface area contributed by atoms with E-state index in [4.69, 9.17) is 10.2 Å². The van der Waals surface area contributed by atoms with Crippen LogP contribution in [0.2, 0.25) is 0 Å². The van der Waals surface area contributed by atoms with Crippen LogP contribution in [0, 0.1) is 0 Å². The van der Waals surface area contributed by atoms with Gasteiger partial charge in [0, 0.05) is 68.3 Å². The molecule has 3 heterocycles. The number of nitrogens with zero attached hydrogens (tertiary/aromatic N) is 4. The first-order chi connectivity index (χ1) is 17.5. The second-order valence-corrected chi connectivity index (χ2v) is 8.36. The van der Waals surface area contributed by atoms with Crippen LogP contribution in [0.1, 0.15) is 5.56 Å². The number of hydrogen-bond acceptors (Lipinski definition) is 5. The van der Waals surface area contributed by atoms with Crippen molar-refractivity contribution < 1.29 is 19.8 Å². The van der Waals surface area contributed by atoms with E-state index in [1.807, 2.05) is 18.5 Å². The predicted molar refractivity (Wildman–Crippen MR) is 139 cm³/mol. The number of carbonyl (C=O) groups is 2. The lowest BCUT2D eigenvalue weighted by Gasteiger charge is -2.36. The summed E-state index contributed by atoms with van der Waals surface area (Å²) < 4.78 is 2.26. The molecule has 2 aromatic heterocycles. The Bertz CT molecular complexity index is 1310. The zero-order chi connectivity index (χ0) is 25.3. The number of anilines is 1. The first-order valence-electron chi connectivity index (χ1n) is 11.7. The SMILES string of the molecule is O=C(O)/C=C/C(=O)O.c1ccc(N2CCN(Cc3cn(-c4cccnc4)c4ccccc34)CC2)cc1. The van der Waals surface area contributed by atoms with E-state index in [0.29, 0.717) is 12.2 Å². The fourth-order valence-corrected chi connectivity index (χ4v) is 4.27. The Hall–Kier alpha value is -4.43. The number of fused-ring (bicyclic) bond motifs is 1. The van der Waals surface area contributed by atoms with Crippen LogP contribution >= 0.6 is 0 Å². The molecule has 0 radical (unpaired) electrons. The first-order valence-corrected chi connectivity index (χ1v) is 11.7. The highest BCUT2D eigenvalue weighted by molar-refractivity contribution is 5.89. The van der Waals surface area contributed by atoms with Crippen LogP contribution < -0.4 is 4.90 Å². The highest BCUT2D eigenvalue weighted by Crippen LogP contribution is 2.26. The predicted octanol–water partition coefficient (Wildman–Crippen LogP) is 4.06. The highest BCUT2D eigenvalue weighted by atomic mass is 16.4. The second kappa shape index (κ2) is 11.8. The van der Waals surface area contributed by atoms with Gasteiger partial charge in [0.15, 0.2) is 0 Å². The average Bonchev–Trinajstić information content (AvgIpc) is 3.28. The zero-order valence-corrected chi connectivity index (χ0v) is 19.8. The Labute approximate surface area is 209 Å². The van der Waals surface area contributed by atoms with Crippen LogP contribution in [-0.4, -0.2) is 62.8 Å². The fraction of sp³-hybridized carbons (Fsp3) is 0.179. The molecule has 0 saturated carbocycles. The van der Waals surface area contributed by atoms with Crippen LogP contribution in [-0.2, 0) is 16.1 Å². The molecule has 8 heteroatoms. The van der Waals surface area contributed by atoms with E-state index in [0.717, 1.165) is 38.4 Å². The van der Waals surface area contributed by atoms with Crippen molar-refractivity contribution in [1.82, 2.24) is 14.5 Å². The quantitative estimate of drug-likeness (QED) is 0.398. The van der Waals surface area contributed by atoms with E-state index < -0.39 is 11.9 Å². The van der Waals surface area contributed by atoms with Crippen molar-refractivity contribution in [2.75, 3.05) is 31.1 Å². The molecule has 0 unspecified atom stereocenters. The molecule has 36 heavy (non-hydrogen) atoms. The number of carboxylic acids is 2. The smallest absolute Gasteiger partial charge is 0.328 e. The maximum absolute atomic E-state index is 9.55. The summed E-state index contributed by atoms with van der Waals surface area (Å²) >= 11 is 0. The van der Waals surface area contributed by atoms with Crippen molar-refractivity contribution in [1.29, 1.82) is 0 Å². The summed E-state index contributed by atoms with van der Waals surface area (Å²) in [5, 5.41) is 17.0. The number of rotatable bonds is 6. The minimum absolute atomic E-state index is 0.558. The van der Waals surface area contributed by atoms with Gasteiger partial charge in [0.25, 0.3) is 0 Å². The van der Waals surface area contributed by atoms with Crippen molar-refractivity contribution >= 4 is 28.5 Å². The lowest BCUT2D eigenvalue weighted by Crippen LogP contribution is -2.45. The molecule has 1 aliphatic rings. The molecule has 1 saturated heterocycles. The molecule has 1 aliphatic heterocycles. The fourth-order valence-electron chi connectivity index (χ4n) is 4.27. The van der Waals surface area contributed by atoms with Crippen molar-refractivity contribution in [3.8, 4) is 5.69 Å². The number of carboxylic acid groups (broad SMARTS) is 2. The summed E-state index contributed by atoms with van der Waals surface area (Å²) in [6, 6.07) is 23.5. The van der Waals surface area contributed by atoms with Gasteiger partial charge in [-0.2, -0.15) is 0 Å². The van der Waals surface area contributed by atoms with Crippen LogP contribution in [0.5, 0.6) is 0 Å². The van der Waals surface area contributed by atoms with Gasteiger partial charge in [-0.15, -0.1) is 0 Å². The largest absolute Gasteiger partial charge is 0.478 e. The van der Waals surface area contributed by atoms with Gasteiger partial charge in [-0.1, -0.05) is 36.4 Å². The molecule has 4 aromatic rings. The third-order valence-corrected chi connectivity index (χ3v) is 5.97. The molecular formula is C28H28N4O4. The van der Waals surface area contributed by atoms with Gasteiger partial charge in [-0.05, 0) is 35.9 Å². The minimum Gasteiger partial charge on any atom is -0.478 e. The van der Waals surface area contributed by atoms with Crippen LogP contribution in [0.25, 0.3) is 16.6 Å². The van der Waals surface area contributed by atoms with E-state index in [9.17, 15) is 9.59 Å². The molecule has 1 fully saturated rings. The van der Waals surface area contributed by atoms with Crippen molar-refractivity contribution in [3.05, 3.63) is 103 Å². The molecule has 0 spiro atoms. The Morgan fingerprint density at radius 1 is 0.806 bits per heavy atom. The Morgan fingerprint density at radius 3 is 2.08 bits per heavy atom. The van der Waals surface area contributed by atoms with Gasteiger partial charge in [0.05, 0.1) is 17.4 Å². The molecule has 0 amide bonds. The maximum atomic E-state index is 9.55. The molecule has 2 aromatic carbocycles. The van der Waals surface area contributed by atoms with Crippen molar-refractivity contribution in [2.24, 2.45) is 0 Å². The maximum Gasteiger partial charge on any atom is 0.328 e. The summed E-state index contributed by atoms with van der Waals surface area (Å²) in [4.78, 5) is 28.4. The van der Waals surface area contributed by atoms with Crippen LogP contribution in [0.4, 0.5) is 5.69 Å². The van der Waals surface area contributed by atoms with Gasteiger partial charge in [0.2, 0.25) is 0 Å². The van der Waals surface area contributed by atoms with Crippen molar-refractivity contribution in [3.63, 3.8) is 0 Å². The number of pyridine rings is 1. The topological polar surface area (TPSA) is 98.9 Å². The third kappa shape index (κ3) is 6.37. The van der Waals surface area contributed by atoms with Gasteiger partial charge in [-0.3, -0.25) is 9.88 Å². The lowest BCUT2D eigenvalue weighted by atomic mass is 10.1. The molecule has 184 valence electrons. The number of hydrogen-bond donors (Lipinski definition) is 2. The minimum atomic E-state index is -1.26. The van der Waals surface area contributed by atoms with Gasteiger partial charge >= 0.3 is 11.9 Å². The van der Waals surface area contributed by atoms with E-state index in [1.165, 1.54) is 22.2 Å². The van der Waals surface area contributed by atoms with Crippen LogP contribution in [0.3, 0.4) is 0 Å². The molecule has 0 atom stereocenters. The molecular weight excluding hydrogens is 456 g/mol. The van der Waals surface area contributed by atoms with Crippen molar-refractivity contribution in [2.45, 2.75) is 6.54 Å². The van der Waals surface area contributed by atoms with E-state index in [1.54, 1.807) is 0 Å². The summed E-state index contributed by atoms with van der Waals surface area (Å²) in [5.74, 6) is -2.51. The Balaban J connectivity index is 0.000000331. The first kappa shape index (κ1) is 24.7. The Morgan fingerprint density at radius 2 is 1.44 bits per heavy atom. The summed E-state index contributed by atoms with van der Waals surface area (Å²) in [6.07, 6.45) is 7.15. The summed E-state index contributed by atoms with van der Waals surface area (Å²) in [5.41, 5.74) is 5.07. The summed E-state index contributed by atoms with van der Waals surface area (Å²) in [7, 11) is 0. The number of aromatic nitrogens is 2. The lowest BCUT2D eigenvalue weighted by molar-refractivity contribution is -0.134. The molecule has 5 rings (SSSR count). The molecule has 8 nitrogen and oxygen atoms in total. The van der Waals surface area contributed by atoms with E-state index in [-0.39, 0.29) is 0 Å². The zero-order valence-electron chi connectivity index (χ0n) is 19.8. The van der Waals surface area contributed by atoms with E-state index in [2.05, 4.69) is 86.2 Å². The average molecular weight is 485 g/mol. The van der Waals surface area contributed by atoms with E-state index >= 15 is 0 Å². The monoisotopic (exact) mass is 484 g/mol. The normalized spacial score (nSPS) is 13.9. The second-order valence-electron chi connectivity index (χ2n) is 8.36. The van der Waals surface area contributed by atoms with Crippen LogP contribution in [0.15, 0.2) is 97.5 Å². The van der Waals surface area contributed by atoms with Gasteiger partial charge < -0.3 is 19.7 Å². The molecule has 0 aliphatic carbocycles. The number of para-hydroxylation sites is 2. The number of aliphatic carboxylic acids is 2. The molecule has 0 bridgehead atoms. The third-order valence-electron chi connectivity index (χ3n) is 5.97. The number of benzene rings is 2.